The molecule has 0 saturated carbocycles. The molecule has 1 aromatic rings. The first-order valence-corrected chi connectivity index (χ1v) is 7.88. The molecule has 1 radical (unpaired) electrons. The van der Waals surface area contributed by atoms with Crippen molar-refractivity contribution in [3.63, 3.8) is 0 Å². The quantitative estimate of drug-likeness (QED) is 0.423. The Morgan fingerprint density at radius 1 is 0.833 bits per heavy atom. The number of rotatable bonds is 11. The third-order valence-electron chi connectivity index (χ3n) is 3.59. The van der Waals surface area contributed by atoms with Gasteiger partial charge in [-0.1, -0.05) is 89.0 Å². The van der Waals surface area contributed by atoms with Crippen molar-refractivity contribution in [1.82, 2.24) is 0 Å². The molecule has 1 aromatic carbocycles. The fourth-order valence-electron chi connectivity index (χ4n) is 2.40. The summed E-state index contributed by atoms with van der Waals surface area (Å²) in [6, 6.07) is 11.5. The van der Waals surface area contributed by atoms with Crippen LogP contribution >= 0.6 is 0 Å². The summed E-state index contributed by atoms with van der Waals surface area (Å²) in [5.74, 6) is 0. The Bertz CT molecular complexity index is 263. The van der Waals surface area contributed by atoms with E-state index in [1.165, 1.54) is 76.2 Å². The van der Waals surface area contributed by atoms with Crippen molar-refractivity contribution in [2.45, 2.75) is 77.6 Å². The van der Waals surface area contributed by atoms with E-state index in [9.17, 15) is 0 Å². The average Bonchev–Trinajstić information content (AvgIpc) is 2.42. The summed E-state index contributed by atoms with van der Waals surface area (Å²) < 4.78 is 0. The molecule has 0 nitrogen and oxygen atoms in total. The number of aryl methyl sites for hydroxylation is 1. The predicted molar refractivity (Wildman–Crippen MR) is 80.8 cm³/mol. The monoisotopic (exact) mass is 245 g/mol. The van der Waals surface area contributed by atoms with E-state index in [4.69, 9.17) is 0 Å². The van der Waals surface area contributed by atoms with Gasteiger partial charge < -0.3 is 0 Å². The molecule has 0 aliphatic rings. The molecule has 1 rings (SSSR count). The van der Waals surface area contributed by atoms with Gasteiger partial charge in [-0.05, 0) is 24.5 Å². The van der Waals surface area contributed by atoms with Crippen molar-refractivity contribution in [2.24, 2.45) is 0 Å². The van der Waals surface area contributed by atoms with E-state index in [1.54, 1.807) is 0 Å². The molecule has 0 aromatic heterocycles. The van der Waals surface area contributed by atoms with Crippen molar-refractivity contribution in [2.75, 3.05) is 0 Å². The van der Waals surface area contributed by atoms with E-state index in [0.717, 1.165) is 0 Å². The number of hydrogen-bond acceptors (Lipinski definition) is 0. The SMILES string of the molecule is CCCCCCCCCCCCc1c[c]ccc1. The van der Waals surface area contributed by atoms with Crippen LogP contribution in [-0.2, 0) is 6.42 Å². The number of unbranched alkanes of at least 4 members (excludes halogenated alkanes) is 9. The molecular formula is C18H29. The maximum atomic E-state index is 3.15. The summed E-state index contributed by atoms with van der Waals surface area (Å²) >= 11 is 0. The lowest BCUT2D eigenvalue weighted by molar-refractivity contribution is 0.556. The summed E-state index contributed by atoms with van der Waals surface area (Å²) in [4.78, 5) is 0. The van der Waals surface area contributed by atoms with Gasteiger partial charge in [-0.25, -0.2) is 0 Å². The van der Waals surface area contributed by atoms with Crippen molar-refractivity contribution in [3.05, 3.63) is 35.9 Å². The van der Waals surface area contributed by atoms with Crippen LogP contribution in [0.3, 0.4) is 0 Å². The average molecular weight is 245 g/mol. The summed E-state index contributed by atoms with van der Waals surface area (Å²) in [5, 5.41) is 0. The van der Waals surface area contributed by atoms with Gasteiger partial charge in [0.15, 0.2) is 0 Å². The lowest BCUT2D eigenvalue weighted by Crippen LogP contribution is -1.86. The molecule has 0 amide bonds. The second kappa shape index (κ2) is 11.3. The highest BCUT2D eigenvalue weighted by molar-refractivity contribution is 5.13. The molecule has 0 heterocycles. The molecule has 0 fully saturated rings. The zero-order valence-electron chi connectivity index (χ0n) is 12.1. The van der Waals surface area contributed by atoms with Gasteiger partial charge in [0, 0.05) is 0 Å². The Morgan fingerprint density at radius 3 is 2.00 bits per heavy atom. The molecule has 0 bridgehead atoms. The van der Waals surface area contributed by atoms with E-state index >= 15 is 0 Å². The smallest absolute Gasteiger partial charge is 0.0181 e. The number of benzene rings is 1. The van der Waals surface area contributed by atoms with Gasteiger partial charge in [-0.15, -0.1) is 0 Å². The molecule has 0 atom stereocenters. The minimum atomic E-state index is 1.23. The number of hydrogen-bond donors (Lipinski definition) is 0. The third kappa shape index (κ3) is 8.33. The first-order valence-electron chi connectivity index (χ1n) is 7.88. The highest BCUT2D eigenvalue weighted by Gasteiger charge is 1.94. The van der Waals surface area contributed by atoms with Crippen molar-refractivity contribution >= 4 is 0 Å². The fourth-order valence-corrected chi connectivity index (χ4v) is 2.40. The molecule has 0 aliphatic carbocycles. The summed E-state index contributed by atoms with van der Waals surface area (Å²) in [7, 11) is 0. The molecule has 0 aliphatic heterocycles. The minimum Gasteiger partial charge on any atom is -0.0654 e. The highest BCUT2D eigenvalue weighted by Crippen LogP contribution is 2.12. The van der Waals surface area contributed by atoms with Crippen LogP contribution in [0.4, 0.5) is 0 Å². The summed E-state index contributed by atoms with van der Waals surface area (Å²) in [6.45, 7) is 2.28. The fraction of sp³-hybridized carbons (Fsp3) is 0.667. The topological polar surface area (TPSA) is 0 Å². The predicted octanol–water partition coefficient (Wildman–Crippen LogP) is 5.95. The second-order valence-corrected chi connectivity index (χ2v) is 5.34. The minimum absolute atomic E-state index is 1.23. The lowest BCUT2D eigenvalue weighted by Gasteiger charge is -2.02. The van der Waals surface area contributed by atoms with Gasteiger partial charge in [0.2, 0.25) is 0 Å². The first-order chi connectivity index (χ1) is 8.93. The summed E-state index contributed by atoms with van der Waals surface area (Å²) in [5.41, 5.74) is 1.44. The van der Waals surface area contributed by atoms with Crippen molar-refractivity contribution in [1.29, 1.82) is 0 Å². The van der Waals surface area contributed by atoms with Gasteiger partial charge in [0.1, 0.15) is 0 Å². The van der Waals surface area contributed by atoms with Crippen LogP contribution in [0.25, 0.3) is 0 Å². The zero-order chi connectivity index (χ0) is 12.9. The van der Waals surface area contributed by atoms with Gasteiger partial charge >= 0.3 is 0 Å². The molecular weight excluding hydrogens is 216 g/mol. The second-order valence-electron chi connectivity index (χ2n) is 5.34. The van der Waals surface area contributed by atoms with Gasteiger partial charge in [-0.2, -0.15) is 0 Å². The molecule has 101 valence electrons. The molecule has 0 unspecified atom stereocenters. The Morgan fingerprint density at radius 2 is 1.44 bits per heavy atom. The van der Waals surface area contributed by atoms with E-state index in [-0.39, 0.29) is 0 Å². The maximum Gasteiger partial charge on any atom is -0.0181 e. The van der Waals surface area contributed by atoms with E-state index in [0.29, 0.717) is 0 Å². The van der Waals surface area contributed by atoms with Gasteiger partial charge in [0.05, 0.1) is 0 Å². The van der Waals surface area contributed by atoms with Crippen LogP contribution in [0.2, 0.25) is 0 Å². The molecule has 0 spiro atoms. The van der Waals surface area contributed by atoms with E-state index in [1.807, 2.05) is 6.07 Å². The van der Waals surface area contributed by atoms with Crippen LogP contribution in [0, 0.1) is 6.07 Å². The Balaban J connectivity index is 1.82. The lowest BCUT2D eigenvalue weighted by atomic mass is 10.0. The van der Waals surface area contributed by atoms with Crippen molar-refractivity contribution < 1.29 is 0 Å². The van der Waals surface area contributed by atoms with Crippen LogP contribution < -0.4 is 0 Å². The van der Waals surface area contributed by atoms with E-state index < -0.39 is 0 Å². The highest BCUT2D eigenvalue weighted by atomic mass is 14.0. The molecule has 0 N–H and O–H groups in total. The van der Waals surface area contributed by atoms with E-state index in [2.05, 4.69) is 31.2 Å². The maximum absolute atomic E-state index is 3.15. The molecule has 0 heteroatoms. The summed E-state index contributed by atoms with van der Waals surface area (Å²) in [6.07, 6.45) is 15.4. The van der Waals surface area contributed by atoms with Crippen LogP contribution in [0.1, 0.15) is 76.7 Å². The molecule has 0 saturated heterocycles. The van der Waals surface area contributed by atoms with Crippen LogP contribution in [-0.4, -0.2) is 0 Å². The Kier molecular flexibility index (Phi) is 9.61. The van der Waals surface area contributed by atoms with Gasteiger partial charge in [0.25, 0.3) is 0 Å². The Hall–Kier alpha value is -0.780. The Labute approximate surface area is 114 Å². The largest absolute Gasteiger partial charge is 0.0654 e. The van der Waals surface area contributed by atoms with Crippen molar-refractivity contribution in [3.8, 4) is 0 Å². The van der Waals surface area contributed by atoms with Crippen LogP contribution in [0.5, 0.6) is 0 Å². The molecule has 18 heavy (non-hydrogen) atoms. The third-order valence-corrected chi connectivity index (χ3v) is 3.59. The standard InChI is InChI=1S/C18H29/c1-2-3-4-5-6-7-8-9-10-12-15-18-16-13-11-14-17-18/h11,13,16-17H,2-10,12,15H2,1H3. The normalized spacial score (nSPS) is 10.7. The first kappa shape index (κ1) is 15.3. The zero-order valence-corrected chi connectivity index (χ0v) is 12.1. The van der Waals surface area contributed by atoms with Gasteiger partial charge in [-0.3, -0.25) is 0 Å². The van der Waals surface area contributed by atoms with Crippen LogP contribution in [0.15, 0.2) is 24.3 Å².